The zero-order chi connectivity index (χ0) is 11.0. The van der Waals surface area contributed by atoms with E-state index in [0.29, 0.717) is 5.41 Å². The molecule has 1 aliphatic rings. The molecule has 0 aromatic carbocycles. The van der Waals surface area contributed by atoms with E-state index in [2.05, 4.69) is 39.6 Å². The number of hydrogen-bond donors (Lipinski definition) is 1. The first-order valence-corrected chi connectivity index (χ1v) is 5.71. The monoisotopic (exact) mass is 198 g/mol. The zero-order valence-electron chi connectivity index (χ0n) is 10.4. The van der Waals surface area contributed by atoms with Gasteiger partial charge in [0, 0.05) is 18.6 Å². The number of nitrogens with zero attached hydrogens (tertiary/aromatic N) is 1. The number of hydrogen-bond acceptors (Lipinski definition) is 2. The molecule has 0 heterocycles. The van der Waals surface area contributed by atoms with Crippen molar-refractivity contribution >= 4 is 0 Å². The molecule has 1 aliphatic carbocycles. The highest BCUT2D eigenvalue weighted by Gasteiger charge is 2.43. The van der Waals surface area contributed by atoms with Crippen LogP contribution in [0.25, 0.3) is 0 Å². The molecule has 2 N–H and O–H groups in total. The van der Waals surface area contributed by atoms with Crippen molar-refractivity contribution in [2.75, 3.05) is 20.1 Å². The van der Waals surface area contributed by atoms with E-state index in [-0.39, 0.29) is 5.54 Å². The van der Waals surface area contributed by atoms with Crippen molar-refractivity contribution in [3.05, 3.63) is 0 Å². The van der Waals surface area contributed by atoms with E-state index >= 15 is 0 Å². The van der Waals surface area contributed by atoms with E-state index in [1.807, 2.05) is 0 Å². The molecule has 2 nitrogen and oxygen atoms in total. The fourth-order valence-electron chi connectivity index (χ4n) is 2.23. The molecule has 0 bridgehead atoms. The fourth-order valence-corrected chi connectivity index (χ4v) is 2.23. The van der Waals surface area contributed by atoms with E-state index in [9.17, 15) is 0 Å². The van der Waals surface area contributed by atoms with Crippen LogP contribution in [0, 0.1) is 11.3 Å². The van der Waals surface area contributed by atoms with Gasteiger partial charge in [-0.2, -0.15) is 0 Å². The first-order valence-electron chi connectivity index (χ1n) is 5.71. The highest BCUT2D eigenvalue weighted by molar-refractivity contribution is 4.99. The lowest BCUT2D eigenvalue weighted by atomic mass is 9.89. The molecule has 0 aliphatic heterocycles. The van der Waals surface area contributed by atoms with Crippen LogP contribution in [0.1, 0.15) is 40.5 Å². The normalized spacial score (nSPS) is 22.5. The van der Waals surface area contributed by atoms with Crippen molar-refractivity contribution in [1.29, 1.82) is 0 Å². The Kier molecular flexibility index (Phi) is 3.27. The second-order valence-corrected chi connectivity index (χ2v) is 6.25. The largest absolute Gasteiger partial charge is 0.329 e. The lowest BCUT2D eigenvalue weighted by molar-refractivity contribution is 0.0823. The maximum absolute atomic E-state index is 5.93. The van der Waals surface area contributed by atoms with Gasteiger partial charge in [0.25, 0.3) is 0 Å². The Balaban J connectivity index is 2.60. The molecule has 1 fully saturated rings. The van der Waals surface area contributed by atoms with Gasteiger partial charge in [-0.3, -0.25) is 4.90 Å². The summed E-state index contributed by atoms with van der Waals surface area (Å²) in [6.45, 7) is 11.1. The van der Waals surface area contributed by atoms with Gasteiger partial charge in [0.1, 0.15) is 0 Å². The molecular formula is C12H26N2. The second-order valence-electron chi connectivity index (χ2n) is 6.25. The molecule has 84 valence electrons. The molecular weight excluding hydrogens is 172 g/mol. The number of rotatable bonds is 4. The van der Waals surface area contributed by atoms with Gasteiger partial charge < -0.3 is 5.73 Å². The Bertz CT molecular complexity index is 191. The third-order valence-electron chi connectivity index (χ3n) is 3.45. The first kappa shape index (κ1) is 12.0. The Hall–Kier alpha value is -0.0800. The molecule has 14 heavy (non-hydrogen) atoms. The summed E-state index contributed by atoms with van der Waals surface area (Å²) < 4.78 is 0. The van der Waals surface area contributed by atoms with Crippen molar-refractivity contribution in [2.45, 2.75) is 46.1 Å². The van der Waals surface area contributed by atoms with Crippen LogP contribution in [-0.4, -0.2) is 30.6 Å². The second kappa shape index (κ2) is 3.82. The van der Waals surface area contributed by atoms with Gasteiger partial charge in [-0.05, 0) is 38.1 Å². The SMILES string of the molecule is CN(CC(C)(C)C)C(C)(CN)C1CC1. The van der Waals surface area contributed by atoms with Gasteiger partial charge in [0.05, 0.1) is 0 Å². The zero-order valence-corrected chi connectivity index (χ0v) is 10.4. The molecule has 1 saturated carbocycles. The van der Waals surface area contributed by atoms with Crippen LogP contribution >= 0.6 is 0 Å². The van der Waals surface area contributed by atoms with E-state index in [1.54, 1.807) is 0 Å². The van der Waals surface area contributed by atoms with E-state index < -0.39 is 0 Å². The summed E-state index contributed by atoms with van der Waals surface area (Å²) >= 11 is 0. The summed E-state index contributed by atoms with van der Waals surface area (Å²) in [5.74, 6) is 0.833. The van der Waals surface area contributed by atoms with Crippen molar-refractivity contribution in [2.24, 2.45) is 17.1 Å². The summed E-state index contributed by atoms with van der Waals surface area (Å²) in [6.07, 6.45) is 2.73. The topological polar surface area (TPSA) is 29.3 Å². The standard InChI is InChI=1S/C12H26N2/c1-11(2,3)9-14(5)12(4,8-13)10-6-7-10/h10H,6-9,13H2,1-5H3. The quantitative estimate of drug-likeness (QED) is 0.749. The van der Waals surface area contributed by atoms with Crippen molar-refractivity contribution in [3.8, 4) is 0 Å². The average Bonchev–Trinajstić information content (AvgIpc) is 2.81. The van der Waals surface area contributed by atoms with Crippen LogP contribution in [0.5, 0.6) is 0 Å². The van der Waals surface area contributed by atoms with Gasteiger partial charge in [-0.25, -0.2) is 0 Å². The van der Waals surface area contributed by atoms with Crippen LogP contribution in [-0.2, 0) is 0 Å². The average molecular weight is 198 g/mol. The van der Waals surface area contributed by atoms with Crippen LogP contribution < -0.4 is 5.73 Å². The Labute approximate surface area is 88.8 Å². The van der Waals surface area contributed by atoms with Crippen molar-refractivity contribution in [3.63, 3.8) is 0 Å². The molecule has 1 rings (SSSR count). The molecule has 0 spiro atoms. The third kappa shape index (κ3) is 2.71. The maximum atomic E-state index is 5.93. The summed E-state index contributed by atoms with van der Waals surface area (Å²) in [7, 11) is 2.22. The van der Waals surface area contributed by atoms with E-state index in [1.165, 1.54) is 12.8 Å². The van der Waals surface area contributed by atoms with Gasteiger partial charge in [0.15, 0.2) is 0 Å². The molecule has 0 saturated heterocycles. The van der Waals surface area contributed by atoms with Crippen LogP contribution in [0.15, 0.2) is 0 Å². The summed E-state index contributed by atoms with van der Waals surface area (Å²) in [4.78, 5) is 2.46. The maximum Gasteiger partial charge on any atom is 0.0328 e. The minimum atomic E-state index is 0.229. The molecule has 2 heteroatoms. The smallest absolute Gasteiger partial charge is 0.0328 e. The first-order chi connectivity index (χ1) is 6.29. The Morgan fingerprint density at radius 3 is 2.00 bits per heavy atom. The molecule has 0 radical (unpaired) electrons. The van der Waals surface area contributed by atoms with Gasteiger partial charge in [-0.1, -0.05) is 20.8 Å². The lowest BCUT2D eigenvalue weighted by Gasteiger charge is -2.41. The minimum Gasteiger partial charge on any atom is -0.329 e. The van der Waals surface area contributed by atoms with Gasteiger partial charge >= 0.3 is 0 Å². The molecule has 1 unspecified atom stereocenters. The van der Waals surface area contributed by atoms with Gasteiger partial charge in [-0.15, -0.1) is 0 Å². The van der Waals surface area contributed by atoms with Gasteiger partial charge in [0.2, 0.25) is 0 Å². The number of nitrogens with two attached hydrogens (primary N) is 1. The van der Waals surface area contributed by atoms with Crippen LogP contribution in [0.3, 0.4) is 0 Å². The summed E-state index contributed by atoms with van der Waals surface area (Å²) in [5.41, 5.74) is 6.52. The van der Waals surface area contributed by atoms with Crippen LogP contribution in [0.2, 0.25) is 0 Å². The summed E-state index contributed by atoms with van der Waals surface area (Å²) in [5, 5.41) is 0. The van der Waals surface area contributed by atoms with E-state index in [0.717, 1.165) is 19.0 Å². The fraction of sp³-hybridized carbons (Fsp3) is 1.00. The molecule has 0 aromatic heterocycles. The summed E-state index contributed by atoms with van der Waals surface area (Å²) in [6, 6.07) is 0. The van der Waals surface area contributed by atoms with E-state index in [4.69, 9.17) is 5.73 Å². The minimum absolute atomic E-state index is 0.229. The predicted octanol–water partition coefficient (Wildman–Crippen LogP) is 2.09. The van der Waals surface area contributed by atoms with Crippen molar-refractivity contribution < 1.29 is 0 Å². The Morgan fingerprint density at radius 1 is 1.21 bits per heavy atom. The molecule has 1 atom stereocenters. The van der Waals surface area contributed by atoms with Crippen LogP contribution in [0.4, 0.5) is 0 Å². The molecule has 0 aromatic rings. The lowest BCUT2D eigenvalue weighted by Crippen LogP contribution is -2.53. The highest BCUT2D eigenvalue weighted by atomic mass is 15.2. The Morgan fingerprint density at radius 2 is 1.71 bits per heavy atom. The van der Waals surface area contributed by atoms with Crippen molar-refractivity contribution in [1.82, 2.24) is 4.90 Å². The third-order valence-corrected chi connectivity index (χ3v) is 3.45. The highest BCUT2D eigenvalue weighted by Crippen LogP contribution is 2.42. The predicted molar refractivity (Wildman–Crippen MR) is 62.3 cm³/mol. The molecule has 0 amide bonds. The number of likely N-dealkylation sites (N-methyl/N-ethyl adjacent to an activating group) is 1.